The zero-order chi connectivity index (χ0) is 13.7. The second-order valence-corrected chi connectivity index (χ2v) is 5.39. The summed E-state index contributed by atoms with van der Waals surface area (Å²) < 4.78 is 0. The van der Waals surface area contributed by atoms with Gasteiger partial charge in [0.15, 0.2) is 0 Å². The quantitative estimate of drug-likeness (QED) is 0.809. The van der Waals surface area contributed by atoms with Crippen molar-refractivity contribution in [2.75, 3.05) is 43.6 Å². The number of likely N-dealkylation sites (N-methyl/N-ethyl adjacent to an activating group) is 1. The Bertz CT molecular complexity index is 395. The van der Waals surface area contributed by atoms with Crippen molar-refractivity contribution >= 4 is 11.6 Å². The number of aliphatic hydroxyl groups is 1. The fourth-order valence-electron chi connectivity index (χ4n) is 2.29. The van der Waals surface area contributed by atoms with Crippen LogP contribution in [0.2, 0.25) is 0 Å². The molecular formula is C14H24N4O. The van der Waals surface area contributed by atoms with Crippen LogP contribution in [0.5, 0.6) is 0 Å². The Hall–Kier alpha value is -1.36. The van der Waals surface area contributed by atoms with Gasteiger partial charge in [-0.25, -0.2) is 9.97 Å². The standard InChI is InChI=1S/C14H24N4O/c1-17(7-6-12-4-3-5-12)13-10-14(16-11-15-13)18(2)8-9-19/h10-12,19H,3-9H2,1-2H3. The summed E-state index contributed by atoms with van der Waals surface area (Å²) in [6.45, 7) is 1.76. The van der Waals surface area contributed by atoms with Gasteiger partial charge in [-0.2, -0.15) is 0 Å². The summed E-state index contributed by atoms with van der Waals surface area (Å²) in [5.41, 5.74) is 0. The molecule has 19 heavy (non-hydrogen) atoms. The minimum absolute atomic E-state index is 0.132. The third-order valence-corrected chi connectivity index (χ3v) is 3.95. The number of hydrogen-bond acceptors (Lipinski definition) is 5. The van der Waals surface area contributed by atoms with Crippen LogP contribution in [0.1, 0.15) is 25.7 Å². The van der Waals surface area contributed by atoms with Gasteiger partial charge < -0.3 is 14.9 Å². The maximum atomic E-state index is 8.96. The Balaban J connectivity index is 1.92. The minimum Gasteiger partial charge on any atom is -0.395 e. The molecule has 0 radical (unpaired) electrons. The van der Waals surface area contributed by atoms with E-state index in [0.29, 0.717) is 6.54 Å². The third kappa shape index (κ3) is 3.80. The molecule has 0 aliphatic heterocycles. The monoisotopic (exact) mass is 264 g/mol. The van der Waals surface area contributed by atoms with Crippen molar-refractivity contribution in [3.63, 3.8) is 0 Å². The molecule has 0 unspecified atom stereocenters. The SMILES string of the molecule is CN(CCO)c1cc(N(C)CCC2CCC2)ncn1. The molecule has 1 saturated carbocycles. The van der Waals surface area contributed by atoms with Crippen molar-refractivity contribution < 1.29 is 5.11 Å². The van der Waals surface area contributed by atoms with Gasteiger partial charge in [0.25, 0.3) is 0 Å². The van der Waals surface area contributed by atoms with E-state index in [1.54, 1.807) is 6.33 Å². The van der Waals surface area contributed by atoms with Crippen molar-refractivity contribution in [3.8, 4) is 0 Å². The lowest BCUT2D eigenvalue weighted by Gasteiger charge is -2.28. The number of aliphatic hydroxyl groups excluding tert-OH is 1. The van der Waals surface area contributed by atoms with Gasteiger partial charge in [0.1, 0.15) is 18.0 Å². The van der Waals surface area contributed by atoms with Crippen LogP contribution in [0, 0.1) is 5.92 Å². The summed E-state index contributed by atoms with van der Waals surface area (Å²) in [7, 11) is 4.01. The van der Waals surface area contributed by atoms with Crippen LogP contribution in [-0.2, 0) is 0 Å². The Kier molecular flexibility index (Phi) is 4.96. The van der Waals surface area contributed by atoms with E-state index >= 15 is 0 Å². The largest absolute Gasteiger partial charge is 0.395 e. The van der Waals surface area contributed by atoms with Crippen molar-refractivity contribution in [1.82, 2.24) is 9.97 Å². The molecule has 1 fully saturated rings. The summed E-state index contributed by atoms with van der Waals surface area (Å²) in [5, 5.41) is 8.96. The average Bonchev–Trinajstić information content (AvgIpc) is 2.37. The molecule has 5 nitrogen and oxygen atoms in total. The van der Waals surface area contributed by atoms with E-state index in [4.69, 9.17) is 5.11 Å². The van der Waals surface area contributed by atoms with Gasteiger partial charge in [-0.3, -0.25) is 0 Å². The number of aromatic nitrogens is 2. The van der Waals surface area contributed by atoms with Gasteiger partial charge in [0, 0.05) is 33.3 Å². The van der Waals surface area contributed by atoms with Crippen LogP contribution in [0.4, 0.5) is 11.6 Å². The maximum absolute atomic E-state index is 8.96. The lowest BCUT2D eigenvalue weighted by Crippen LogP contribution is -2.26. The molecule has 0 bridgehead atoms. The minimum atomic E-state index is 0.132. The molecule has 5 heteroatoms. The zero-order valence-electron chi connectivity index (χ0n) is 11.9. The second-order valence-electron chi connectivity index (χ2n) is 5.39. The molecule has 106 valence electrons. The Morgan fingerprint density at radius 3 is 2.32 bits per heavy atom. The highest BCUT2D eigenvalue weighted by Gasteiger charge is 2.18. The number of rotatable bonds is 7. The summed E-state index contributed by atoms with van der Waals surface area (Å²) in [6, 6.07) is 1.98. The van der Waals surface area contributed by atoms with Crippen LogP contribution in [0.3, 0.4) is 0 Å². The number of nitrogens with zero attached hydrogens (tertiary/aromatic N) is 4. The smallest absolute Gasteiger partial charge is 0.133 e. The van der Waals surface area contributed by atoms with E-state index in [2.05, 4.69) is 21.9 Å². The van der Waals surface area contributed by atoms with Crippen LogP contribution in [-0.4, -0.2) is 48.9 Å². The Labute approximate surface area is 115 Å². The van der Waals surface area contributed by atoms with Crippen LogP contribution in [0.25, 0.3) is 0 Å². The molecule has 0 atom stereocenters. The van der Waals surface area contributed by atoms with Crippen LogP contribution < -0.4 is 9.80 Å². The first-order chi connectivity index (χ1) is 9.20. The molecule has 2 rings (SSSR count). The van der Waals surface area contributed by atoms with E-state index in [1.165, 1.54) is 25.7 Å². The Morgan fingerprint density at radius 2 is 1.79 bits per heavy atom. The molecule has 1 aromatic heterocycles. The van der Waals surface area contributed by atoms with Crippen molar-refractivity contribution in [3.05, 3.63) is 12.4 Å². The van der Waals surface area contributed by atoms with E-state index in [9.17, 15) is 0 Å². The van der Waals surface area contributed by atoms with Gasteiger partial charge in [-0.15, -0.1) is 0 Å². The number of anilines is 2. The van der Waals surface area contributed by atoms with Crippen LogP contribution in [0.15, 0.2) is 12.4 Å². The van der Waals surface area contributed by atoms with Gasteiger partial charge in [-0.05, 0) is 12.3 Å². The third-order valence-electron chi connectivity index (χ3n) is 3.95. The van der Waals surface area contributed by atoms with Gasteiger partial charge in [0.05, 0.1) is 6.61 Å². The Morgan fingerprint density at radius 1 is 1.16 bits per heavy atom. The lowest BCUT2D eigenvalue weighted by atomic mass is 9.83. The molecule has 1 aliphatic rings. The summed E-state index contributed by atoms with van der Waals surface area (Å²) in [6.07, 6.45) is 7.03. The van der Waals surface area contributed by atoms with Gasteiger partial charge in [-0.1, -0.05) is 19.3 Å². The summed E-state index contributed by atoms with van der Waals surface area (Å²) >= 11 is 0. The molecule has 1 aliphatic carbocycles. The van der Waals surface area contributed by atoms with Gasteiger partial charge >= 0.3 is 0 Å². The fourth-order valence-corrected chi connectivity index (χ4v) is 2.29. The highest BCUT2D eigenvalue weighted by molar-refractivity contribution is 5.49. The van der Waals surface area contributed by atoms with Crippen molar-refractivity contribution in [1.29, 1.82) is 0 Å². The molecular weight excluding hydrogens is 240 g/mol. The molecule has 1 aromatic rings. The maximum Gasteiger partial charge on any atom is 0.133 e. The second kappa shape index (κ2) is 6.70. The topological polar surface area (TPSA) is 52.5 Å². The highest BCUT2D eigenvalue weighted by Crippen LogP contribution is 2.29. The predicted molar refractivity (Wildman–Crippen MR) is 77.6 cm³/mol. The zero-order valence-corrected chi connectivity index (χ0v) is 11.9. The molecule has 0 amide bonds. The van der Waals surface area contributed by atoms with E-state index in [-0.39, 0.29) is 6.61 Å². The lowest BCUT2D eigenvalue weighted by molar-refractivity contribution is 0.299. The van der Waals surface area contributed by atoms with Crippen molar-refractivity contribution in [2.45, 2.75) is 25.7 Å². The van der Waals surface area contributed by atoms with Gasteiger partial charge in [0.2, 0.25) is 0 Å². The first-order valence-corrected chi connectivity index (χ1v) is 7.06. The highest BCUT2D eigenvalue weighted by atomic mass is 16.3. The molecule has 1 heterocycles. The summed E-state index contributed by atoms with van der Waals surface area (Å²) in [4.78, 5) is 12.7. The van der Waals surface area contributed by atoms with E-state index in [0.717, 1.165) is 24.1 Å². The van der Waals surface area contributed by atoms with E-state index in [1.807, 2.05) is 18.0 Å². The predicted octanol–water partition coefficient (Wildman–Crippen LogP) is 1.53. The normalized spacial score (nSPS) is 15.1. The molecule has 1 N–H and O–H groups in total. The first-order valence-electron chi connectivity index (χ1n) is 7.06. The van der Waals surface area contributed by atoms with Crippen molar-refractivity contribution in [2.24, 2.45) is 5.92 Å². The summed E-state index contributed by atoms with van der Waals surface area (Å²) in [5.74, 6) is 2.73. The van der Waals surface area contributed by atoms with E-state index < -0.39 is 0 Å². The first kappa shape index (κ1) is 14.1. The average molecular weight is 264 g/mol. The number of hydrogen-bond donors (Lipinski definition) is 1. The van der Waals surface area contributed by atoms with Crippen LogP contribution >= 0.6 is 0 Å². The molecule has 0 aromatic carbocycles. The fraction of sp³-hybridized carbons (Fsp3) is 0.714. The molecule has 0 saturated heterocycles. The molecule has 0 spiro atoms.